The highest BCUT2D eigenvalue weighted by atomic mass is 16.5. The molecule has 0 N–H and O–H groups in total. The third-order valence-corrected chi connectivity index (χ3v) is 2.11. The lowest BCUT2D eigenvalue weighted by molar-refractivity contribution is 0.328. The second kappa shape index (κ2) is 3.97. The van der Waals surface area contributed by atoms with E-state index in [9.17, 15) is 0 Å². The van der Waals surface area contributed by atoms with Crippen molar-refractivity contribution in [3.8, 4) is 11.9 Å². The van der Waals surface area contributed by atoms with Gasteiger partial charge < -0.3 is 4.74 Å². The maximum absolute atomic E-state index is 8.99. The Labute approximate surface area is 87.9 Å². The maximum Gasteiger partial charge on any atom is 0.215 e. The summed E-state index contributed by atoms with van der Waals surface area (Å²) in [6.45, 7) is 2.44. The molecule has 0 aliphatic rings. The average Bonchev–Trinajstić information content (AvgIpc) is 2.28. The van der Waals surface area contributed by atoms with Crippen LogP contribution in [0, 0.1) is 11.3 Å². The van der Waals surface area contributed by atoms with Crippen LogP contribution in [-0.4, -0.2) is 11.6 Å². The van der Waals surface area contributed by atoms with Crippen molar-refractivity contribution < 1.29 is 4.74 Å². The molecule has 0 radical (unpaired) electrons. The second-order valence-corrected chi connectivity index (χ2v) is 3.07. The van der Waals surface area contributed by atoms with Crippen molar-refractivity contribution in [2.45, 2.75) is 6.92 Å². The lowest BCUT2D eigenvalue weighted by Gasteiger charge is -2.04. The van der Waals surface area contributed by atoms with Gasteiger partial charge in [0.1, 0.15) is 6.07 Å². The lowest BCUT2D eigenvalue weighted by atomic mass is 10.1. The molecular formula is C12H10N2O. The number of hydrogen-bond donors (Lipinski definition) is 0. The van der Waals surface area contributed by atoms with E-state index in [0.717, 1.165) is 10.9 Å². The largest absolute Gasteiger partial charge is 0.478 e. The number of rotatable bonds is 2. The van der Waals surface area contributed by atoms with Crippen molar-refractivity contribution in [1.29, 1.82) is 5.26 Å². The maximum atomic E-state index is 8.99. The van der Waals surface area contributed by atoms with Gasteiger partial charge >= 0.3 is 0 Å². The molecule has 2 rings (SSSR count). The first-order chi connectivity index (χ1) is 7.35. The van der Waals surface area contributed by atoms with Crippen molar-refractivity contribution in [2.24, 2.45) is 0 Å². The monoisotopic (exact) mass is 198 g/mol. The topological polar surface area (TPSA) is 45.9 Å². The summed E-state index contributed by atoms with van der Waals surface area (Å²) in [6, 6.07) is 11.4. The average molecular weight is 198 g/mol. The molecular weight excluding hydrogens is 188 g/mol. The Kier molecular flexibility index (Phi) is 2.51. The quantitative estimate of drug-likeness (QED) is 0.744. The van der Waals surface area contributed by atoms with Gasteiger partial charge in [-0.05, 0) is 13.0 Å². The number of pyridine rings is 1. The van der Waals surface area contributed by atoms with Crippen LogP contribution in [0.4, 0.5) is 0 Å². The summed E-state index contributed by atoms with van der Waals surface area (Å²) in [5, 5.41) is 9.86. The fourth-order valence-corrected chi connectivity index (χ4v) is 1.47. The fraction of sp³-hybridized carbons (Fsp3) is 0.167. The van der Waals surface area contributed by atoms with Gasteiger partial charge in [-0.2, -0.15) is 5.26 Å². The van der Waals surface area contributed by atoms with Crippen molar-refractivity contribution in [2.75, 3.05) is 6.61 Å². The molecule has 0 fully saturated rings. The molecule has 0 aliphatic carbocycles. The zero-order valence-electron chi connectivity index (χ0n) is 8.40. The molecule has 0 saturated heterocycles. The highest BCUT2D eigenvalue weighted by molar-refractivity contribution is 5.85. The summed E-state index contributed by atoms with van der Waals surface area (Å²) in [5.41, 5.74) is 1.39. The molecule has 3 heteroatoms. The van der Waals surface area contributed by atoms with E-state index in [0.29, 0.717) is 18.1 Å². The van der Waals surface area contributed by atoms with Gasteiger partial charge in [0.2, 0.25) is 5.88 Å². The molecule has 0 saturated carbocycles. The Balaban J connectivity index is 2.67. The summed E-state index contributed by atoms with van der Waals surface area (Å²) in [4.78, 5) is 4.30. The number of benzene rings is 1. The first-order valence-electron chi connectivity index (χ1n) is 4.78. The van der Waals surface area contributed by atoms with Crippen LogP contribution < -0.4 is 4.74 Å². The van der Waals surface area contributed by atoms with Crippen molar-refractivity contribution in [3.05, 3.63) is 35.9 Å². The Morgan fingerprint density at radius 3 is 2.93 bits per heavy atom. The number of ether oxygens (including phenoxy) is 1. The lowest BCUT2D eigenvalue weighted by Crippen LogP contribution is -1.95. The van der Waals surface area contributed by atoms with Crippen LogP contribution in [0.15, 0.2) is 30.3 Å². The smallest absolute Gasteiger partial charge is 0.215 e. The number of fused-ring (bicyclic) bond motifs is 1. The molecule has 1 aromatic heterocycles. The zero-order valence-corrected chi connectivity index (χ0v) is 8.40. The van der Waals surface area contributed by atoms with Crippen molar-refractivity contribution >= 4 is 10.9 Å². The van der Waals surface area contributed by atoms with E-state index in [4.69, 9.17) is 10.00 Å². The van der Waals surface area contributed by atoms with Crippen LogP contribution in [0.1, 0.15) is 12.5 Å². The van der Waals surface area contributed by atoms with Crippen LogP contribution >= 0.6 is 0 Å². The number of para-hydroxylation sites is 1. The minimum absolute atomic E-state index is 0.507. The molecule has 0 atom stereocenters. The molecule has 0 aliphatic heterocycles. The van der Waals surface area contributed by atoms with Crippen LogP contribution in [0.25, 0.3) is 10.9 Å². The van der Waals surface area contributed by atoms with Gasteiger partial charge in [-0.25, -0.2) is 4.98 Å². The minimum Gasteiger partial charge on any atom is -0.478 e. The van der Waals surface area contributed by atoms with Crippen LogP contribution in [0.5, 0.6) is 5.88 Å². The Bertz CT molecular complexity index is 529. The van der Waals surface area contributed by atoms with E-state index in [-0.39, 0.29) is 0 Å². The van der Waals surface area contributed by atoms with Crippen molar-refractivity contribution in [1.82, 2.24) is 4.98 Å². The van der Waals surface area contributed by atoms with Crippen LogP contribution in [0.2, 0.25) is 0 Å². The van der Waals surface area contributed by atoms with E-state index in [1.807, 2.05) is 31.2 Å². The summed E-state index contributed by atoms with van der Waals surface area (Å²) in [5.74, 6) is 0.507. The number of aromatic nitrogens is 1. The molecule has 2 aromatic rings. The van der Waals surface area contributed by atoms with Gasteiger partial charge in [0.25, 0.3) is 0 Å². The standard InChI is InChI=1S/C12H10N2O/c1-2-15-12-7-9(8-13)10-5-3-4-6-11(10)14-12/h3-7H,2H2,1H3. The Morgan fingerprint density at radius 2 is 2.20 bits per heavy atom. The normalized spacial score (nSPS) is 9.87. The summed E-state index contributed by atoms with van der Waals surface area (Å²) < 4.78 is 5.29. The van der Waals surface area contributed by atoms with Gasteiger partial charge in [-0.3, -0.25) is 0 Å². The molecule has 15 heavy (non-hydrogen) atoms. The Morgan fingerprint density at radius 1 is 1.40 bits per heavy atom. The number of nitrogens with zero attached hydrogens (tertiary/aromatic N) is 2. The molecule has 3 nitrogen and oxygen atoms in total. The predicted molar refractivity (Wildman–Crippen MR) is 57.6 cm³/mol. The predicted octanol–water partition coefficient (Wildman–Crippen LogP) is 2.51. The molecule has 0 bridgehead atoms. The SMILES string of the molecule is CCOc1cc(C#N)c2ccccc2n1. The van der Waals surface area contributed by atoms with Crippen LogP contribution in [0.3, 0.4) is 0 Å². The third-order valence-electron chi connectivity index (χ3n) is 2.11. The van der Waals surface area contributed by atoms with E-state index in [1.165, 1.54) is 0 Å². The van der Waals surface area contributed by atoms with E-state index < -0.39 is 0 Å². The van der Waals surface area contributed by atoms with Gasteiger partial charge in [0, 0.05) is 11.5 Å². The van der Waals surface area contributed by atoms with Gasteiger partial charge in [-0.15, -0.1) is 0 Å². The Hall–Kier alpha value is -2.08. The van der Waals surface area contributed by atoms with Gasteiger partial charge in [0.05, 0.1) is 17.7 Å². The van der Waals surface area contributed by atoms with E-state index in [2.05, 4.69) is 11.1 Å². The summed E-state index contributed by atoms with van der Waals surface area (Å²) in [6.07, 6.45) is 0. The third kappa shape index (κ3) is 1.75. The molecule has 1 heterocycles. The van der Waals surface area contributed by atoms with E-state index in [1.54, 1.807) is 6.07 Å². The first-order valence-corrected chi connectivity index (χ1v) is 4.78. The van der Waals surface area contributed by atoms with E-state index >= 15 is 0 Å². The number of hydrogen-bond acceptors (Lipinski definition) is 3. The molecule has 0 unspecified atom stereocenters. The summed E-state index contributed by atoms with van der Waals surface area (Å²) >= 11 is 0. The molecule has 74 valence electrons. The molecule has 0 spiro atoms. The number of nitriles is 1. The zero-order chi connectivity index (χ0) is 10.7. The summed E-state index contributed by atoms with van der Waals surface area (Å²) in [7, 11) is 0. The fourth-order valence-electron chi connectivity index (χ4n) is 1.47. The van der Waals surface area contributed by atoms with Crippen molar-refractivity contribution in [3.63, 3.8) is 0 Å². The van der Waals surface area contributed by atoms with Gasteiger partial charge in [0.15, 0.2) is 0 Å². The highest BCUT2D eigenvalue weighted by Gasteiger charge is 2.04. The minimum atomic E-state index is 0.507. The van der Waals surface area contributed by atoms with Crippen LogP contribution in [-0.2, 0) is 0 Å². The molecule has 0 amide bonds. The second-order valence-electron chi connectivity index (χ2n) is 3.07. The first kappa shape index (κ1) is 9.47. The molecule has 1 aromatic carbocycles. The van der Waals surface area contributed by atoms with Gasteiger partial charge in [-0.1, -0.05) is 18.2 Å². The highest BCUT2D eigenvalue weighted by Crippen LogP contribution is 2.20.